The quantitative estimate of drug-likeness (QED) is 0.876. The highest BCUT2D eigenvalue weighted by molar-refractivity contribution is 5.78. The lowest BCUT2D eigenvalue weighted by atomic mass is 9.96. The lowest BCUT2D eigenvalue weighted by molar-refractivity contribution is -0.123. The Kier molecular flexibility index (Phi) is 5.23. The number of carbonyl (C=O) groups is 2. The Morgan fingerprint density at radius 1 is 1.08 bits per heavy atom. The van der Waals surface area contributed by atoms with Gasteiger partial charge in [-0.2, -0.15) is 0 Å². The fourth-order valence-electron chi connectivity index (χ4n) is 3.58. The van der Waals surface area contributed by atoms with E-state index in [4.69, 9.17) is 5.73 Å². The second-order valence-corrected chi connectivity index (χ2v) is 6.79. The first-order chi connectivity index (χ1) is 11.6. The number of amides is 3. The third kappa shape index (κ3) is 3.99. The molecule has 0 unspecified atom stereocenters. The zero-order chi connectivity index (χ0) is 16.9. The van der Waals surface area contributed by atoms with E-state index in [2.05, 4.69) is 34.5 Å². The average molecular weight is 330 g/mol. The highest BCUT2D eigenvalue weighted by Gasteiger charge is 2.27. The molecule has 0 aromatic heterocycles. The summed E-state index contributed by atoms with van der Waals surface area (Å²) < 4.78 is 0. The van der Waals surface area contributed by atoms with Crippen LogP contribution in [0.25, 0.3) is 0 Å². The molecule has 3 rings (SSSR count). The molecule has 0 aliphatic carbocycles. The maximum atomic E-state index is 12.3. The molecule has 1 aromatic rings. The third-order valence-electron chi connectivity index (χ3n) is 5.13. The van der Waals surface area contributed by atoms with E-state index in [9.17, 15) is 9.59 Å². The van der Waals surface area contributed by atoms with Gasteiger partial charge in [0.05, 0.1) is 0 Å². The van der Waals surface area contributed by atoms with Crippen molar-refractivity contribution in [3.8, 4) is 0 Å². The molecule has 2 aliphatic rings. The van der Waals surface area contributed by atoms with Crippen molar-refractivity contribution in [3.05, 3.63) is 30.3 Å². The van der Waals surface area contributed by atoms with Crippen molar-refractivity contribution >= 4 is 17.6 Å². The first kappa shape index (κ1) is 16.6. The summed E-state index contributed by atoms with van der Waals surface area (Å²) in [6, 6.07) is 10.4. The van der Waals surface area contributed by atoms with Crippen LogP contribution in [-0.4, -0.2) is 49.6 Å². The highest BCUT2D eigenvalue weighted by Crippen LogP contribution is 2.23. The fourth-order valence-corrected chi connectivity index (χ4v) is 3.58. The normalized spacial score (nSPS) is 21.8. The molecule has 0 spiro atoms. The number of piperidine rings is 1. The lowest BCUT2D eigenvalue weighted by Gasteiger charge is -2.31. The van der Waals surface area contributed by atoms with Gasteiger partial charge in [-0.25, -0.2) is 4.79 Å². The van der Waals surface area contributed by atoms with Crippen LogP contribution in [0.4, 0.5) is 10.5 Å². The molecule has 6 nitrogen and oxygen atoms in total. The second-order valence-electron chi connectivity index (χ2n) is 6.79. The second kappa shape index (κ2) is 7.55. The van der Waals surface area contributed by atoms with Crippen LogP contribution in [-0.2, 0) is 4.79 Å². The monoisotopic (exact) mass is 330 g/mol. The van der Waals surface area contributed by atoms with E-state index < -0.39 is 0 Å². The predicted octanol–water partition coefficient (Wildman–Crippen LogP) is 1.42. The van der Waals surface area contributed by atoms with E-state index >= 15 is 0 Å². The molecule has 2 saturated heterocycles. The Hall–Kier alpha value is -2.24. The average Bonchev–Trinajstić information content (AvgIpc) is 3.09. The van der Waals surface area contributed by atoms with Crippen molar-refractivity contribution in [2.75, 3.05) is 37.6 Å². The molecule has 130 valence electrons. The first-order valence-electron chi connectivity index (χ1n) is 8.75. The Bertz CT molecular complexity index is 570. The van der Waals surface area contributed by atoms with Gasteiger partial charge >= 0.3 is 6.03 Å². The summed E-state index contributed by atoms with van der Waals surface area (Å²) >= 11 is 0. The number of hydrogen-bond acceptors (Lipinski definition) is 3. The Morgan fingerprint density at radius 2 is 1.79 bits per heavy atom. The minimum Gasteiger partial charge on any atom is -0.371 e. The van der Waals surface area contributed by atoms with Crippen LogP contribution in [0.15, 0.2) is 30.3 Å². The van der Waals surface area contributed by atoms with Gasteiger partial charge in [-0.05, 0) is 37.3 Å². The van der Waals surface area contributed by atoms with Crippen LogP contribution in [0, 0.1) is 11.8 Å². The molecule has 2 heterocycles. The molecular formula is C18H26N4O2. The van der Waals surface area contributed by atoms with Gasteiger partial charge in [0.15, 0.2) is 0 Å². The van der Waals surface area contributed by atoms with E-state index in [1.165, 1.54) is 5.69 Å². The van der Waals surface area contributed by atoms with Crippen molar-refractivity contribution in [1.82, 2.24) is 10.2 Å². The van der Waals surface area contributed by atoms with Crippen molar-refractivity contribution < 1.29 is 9.59 Å². The van der Waals surface area contributed by atoms with Crippen molar-refractivity contribution in [1.29, 1.82) is 0 Å². The van der Waals surface area contributed by atoms with E-state index in [-0.39, 0.29) is 17.9 Å². The van der Waals surface area contributed by atoms with Crippen LogP contribution in [0.1, 0.15) is 19.3 Å². The summed E-state index contributed by atoms with van der Waals surface area (Å²) in [7, 11) is 0. The number of nitrogens with one attached hydrogen (secondary N) is 1. The van der Waals surface area contributed by atoms with Gasteiger partial charge in [0.25, 0.3) is 0 Å². The highest BCUT2D eigenvalue weighted by atomic mass is 16.2. The van der Waals surface area contributed by atoms with Crippen LogP contribution in [0.5, 0.6) is 0 Å². The van der Waals surface area contributed by atoms with E-state index in [1.54, 1.807) is 4.90 Å². The van der Waals surface area contributed by atoms with E-state index in [1.807, 2.05) is 6.07 Å². The molecule has 1 aromatic carbocycles. The molecule has 2 fully saturated rings. The van der Waals surface area contributed by atoms with Gasteiger partial charge in [-0.15, -0.1) is 0 Å². The summed E-state index contributed by atoms with van der Waals surface area (Å²) in [6.45, 7) is 3.95. The van der Waals surface area contributed by atoms with Crippen molar-refractivity contribution in [2.45, 2.75) is 19.3 Å². The van der Waals surface area contributed by atoms with Crippen LogP contribution in [0.2, 0.25) is 0 Å². The van der Waals surface area contributed by atoms with Crippen molar-refractivity contribution in [3.63, 3.8) is 0 Å². The molecule has 6 heteroatoms. The topological polar surface area (TPSA) is 78.7 Å². The number of hydrogen-bond donors (Lipinski definition) is 2. The molecule has 3 amide bonds. The Labute approximate surface area is 143 Å². The van der Waals surface area contributed by atoms with E-state index in [0.29, 0.717) is 38.4 Å². The first-order valence-corrected chi connectivity index (χ1v) is 8.75. The minimum absolute atomic E-state index is 0.0175. The van der Waals surface area contributed by atoms with Crippen molar-refractivity contribution in [2.24, 2.45) is 17.6 Å². The summed E-state index contributed by atoms with van der Waals surface area (Å²) in [5, 5.41) is 3.05. The number of rotatable bonds is 4. The maximum Gasteiger partial charge on any atom is 0.317 e. The van der Waals surface area contributed by atoms with E-state index in [0.717, 1.165) is 19.5 Å². The third-order valence-corrected chi connectivity index (χ3v) is 5.13. The maximum absolute atomic E-state index is 12.3. The van der Waals surface area contributed by atoms with Gasteiger partial charge < -0.3 is 20.9 Å². The molecule has 1 atom stereocenters. The number of para-hydroxylation sites is 1. The van der Waals surface area contributed by atoms with Crippen LogP contribution >= 0.6 is 0 Å². The van der Waals surface area contributed by atoms with Gasteiger partial charge in [0, 0.05) is 44.3 Å². The number of nitrogens with zero attached hydrogens (tertiary/aromatic N) is 2. The SMILES string of the molecule is NC(=O)C1CCN(C(=O)NC[C@H]2CCN(c3ccccc3)C2)CC1. The zero-order valence-electron chi connectivity index (χ0n) is 14.0. The molecule has 2 aliphatic heterocycles. The number of urea groups is 1. The number of nitrogens with two attached hydrogens (primary N) is 1. The number of primary amides is 1. The summed E-state index contributed by atoms with van der Waals surface area (Å²) in [5.74, 6) is 0.155. The molecule has 0 bridgehead atoms. The smallest absolute Gasteiger partial charge is 0.317 e. The number of anilines is 1. The fraction of sp³-hybridized carbons (Fsp3) is 0.556. The molecular weight excluding hydrogens is 304 g/mol. The minimum atomic E-state index is -0.248. The largest absolute Gasteiger partial charge is 0.371 e. The summed E-state index contributed by atoms with van der Waals surface area (Å²) in [5.41, 5.74) is 6.58. The predicted molar refractivity (Wildman–Crippen MR) is 93.7 cm³/mol. The number of carbonyl (C=O) groups excluding carboxylic acids is 2. The zero-order valence-corrected chi connectivity index (χ0v) is 14.0. The van der Waals surface area contributed by atoms with Gasteiger partial charge in [-0.3, -0.25) is 4.79 Å². The molecule has 0 saturated carbocycles. The number of likely N-dealkylation sites (tertiary alicyclic amines) is 1. The number of benzene rings is 1. The Balaban J connectivity index is 1.40. The lowest BCUT2D eigenvalue weighted by Crippen LogP contribution is -2.47. The van der Waals surface area contributed by atoms with Gasteiger partial charge in [0.1, 0.15) is 0 Å². The standard InChI is InChI=1S/C18H26N4O2/c19-17(23)15-7-10-21(11-8-15)18(24)20-12-14-6-9-22(13-14)16-4-2-1-3-5-16/h1-5,14-15H,6-13H2,(H2,19,23)(H,20,24)/t14-/m1/s1. The summed E-state index contributed by atoms with van der Waals surface area (Å²) in [4.78, 5) is 27.6. The molecule has 3 N–H and O–H groups in total. The summed E-state index contributed by atoms with van der Waals surface area (Å²) in [6.07, 6.45) is 2.45. The van der Waals surface area contributed by atoms with Crippen LogP contribution in [0.3, 0.4) is 0 Å². The van der Waals surface area contributed by atoms with Gasteiger partial charge in [-0.1, -0.05) is 18.2 Å². The van der Waals surface area contributed by atoms with Gasteiger partial charge in [0.2, 0.25) is 5.91 Å². The molecule has 24 heavy (non-hydrogen) atoms. The molecule has 0 radical (unpaired) electrons. The Morgan fingerprint density at radius 3 is 2.46 bits per heavy atom. The van der Waals surface area contributed by atoms with Crippen LogP contribution < -0.4 is 16.0 Å².